The van der Waals surface area contributed by atoms with E-state index in [1.807, 2.05) is 6.07 Å². The Balaban J connectivity index is 1.83. The number of hydrogen-bond acceptors (Lipinski definition) is 7. The predicted octanol–water partition coefficient (Wildman–Crippen LogP) is 2.16. The summed E-state index contributed by atoms with van der Waals surface area (Å²) in [6.45, 7) is 2.82. The Morgan fingerprint density at radius 1 is 1.21 bits per heavy atom. The van der Waals surface area contributed by atoms with E-state index in [0.29, 0.717) is 31.6 Å². The van der Waals surface area contributed by atoms with Crippen molar-refractivity contribution in [2.75, 3.05) is 20.1 Å². The maximum atomic E-state index is 12.7. The lowest BCUT2D eigenvalue weighted by Crippen LogP contribution is -2.64. The molecule has 1 aliphatic heterocycles. The minimum absolute atomic E-state index is 0.341. The second-order valence-electron chi connectivity index (χ2n) is 8.61. The highest BCUT2D eigenvalue weighted by atomic mass is 19.4. The molecule has 3 amide bonds. The Morgan fingerprint density at radius 2 is 1.91 bits per heavy atom. The van der Waals surface area contributed by atoms with Gasteiger partial charge in [0.25, 0.3) is 5.91 Å². The first kappa shape index (κ1) is 27.3. The molecule has 0 radical (unpaired) electrons. The van der Waals surface area contributed by atoms with Gasteiger partial charge in [-0.25, -0.2) is 9.69 Å². The van der Waals surface area contributed by atoms with Crippen molar-refractivity contribution in [2.45, 2.75) is 57.7 Å². The molecule has 9 nitrogen and oxygen atoms in total. The van der Waals surface area contributed by atoms with E-state index in [1.165, 1.54) is 20.9 Å². The molecule has 1 atom stereocenters. The number of imide groups is 1. The quantitative estimate of drug-likeness (QED) is 0.358. The summed E-state index contributed by atoms with van der Waals surface area (Å²) in [4.78, 5) is 36.5. The molecule has 0 spiro atoms. The van der Waals surface area contributed by atoms with Crippen LogP contribution in [-0.2, 0) is 16.0 Å². The smallest absolute Gasteiger partial charge is 0.472 e. The fourth-order valence-corrected chi connectivity index (χ4v) is 3.22. The monoisotopic (exact) mass is 486 g/mol. The first-order valence-electron chi connectivity index (χ1n) is 10.8. The first-order valence-corrected chi connectivity index (χ1v) is 10.8. The number of rotatable bonds is 12. The van der Waals surface area contributed by atoms with Gasteiger partial charge in [-0.3, -0.25) is 4.79 Å². The number of nitrogens with zero attached hydrogens (tertiary/aromatic N) is 3. The molecule has 1 heterocycles. The predicted molar refractivity (Wildman–Crippen MR) is 114 cm³/mol. The summed E-state index contributed by atoms with van der Waals surface area (Å²) in [6, 6.07) is 6.29. The van der Waals surface area contributed by atoms with Crippen molar-refractivity contribution in [3.63, 3.8) is 0 Å². The van der Waals surface area contributed by atoms with Gasteiger partial charge >= 0.3 is 12.2 Å². The van der Waals surface area contributed by atoms with Gasteiger partial charge < -0.3 is 14.6 Å². The van der Waals surface area contributed by atoms with Gasteiger partial charge in [0.05, 0.1) is 5.97 Å². The molecule has 1 N–H and O–H groups in total. The fourth-order valence-electron chi connectivity index (χ4n) is 3.22. The molecule has 0 saturated carbocycles. The van der Waals surface area contributed by atoms with Crippen molar-refractivity contribution in [1.29, 1.82) is 0 Å². The van der Waals surface area contributed by atoms with E-state index in [-0.39, 0.29) is 13.0 Å². The third-order valence-corrected chi connectivity index (χ3v) is 5.19. The number of alkyl halides is 3. The molecule has 0 fully saturated rings. The molecule has 12 heteroatoms. The van der Waals surface area contributed by atoms with Crippen LogP contribution in [-0.4, -0.2) is 65.6 Å². The zero-order valence-electron chi connectivity index (χ0n) is 19.4. The van der Waals surface area contributed by atoms with Crippen LogP contribution in [0.4, 0.5) is 18.0 Å². The average Bonchev–Trinajstić information content (AvgIpc) is 2.72. The van der Waals surface area contributed by atoms with Crippen LogP contribution in [0.1, 0.15) is 45.1 Å². The second kappa shape index (κ2) is 11.0. The fraction of sp³-hybridized carbons (Fsp3) is 0.545. The van der Waals surface area contributed by atoms with Gasteiger partial charge in [-0.1, -0.05) is 17.2 Å². The number of carbonyl (C=O) groups excluding carboxylic acids is 3. The van der Waals surface area contributed by atoms with Crippen LogP contribution in [0.5, 0.6) is 5.75 Å². The average molecular weight is 486 g/mol. The molecule has 188 valence electrons. The molecule has 1 aliphatic rings. The number of carboxylic acids is 1. The van der Waals surface area contributed by atoms with Crippen LogP contribution in [0, 0.1) is 0 Å². The number of amides is 3. The van der Waals surface area contributed by atoms with Gasteiger partial charge in [0.2, 0.25) is 0 Å². The van der Waals surface area contributed by atoms with Gasteiger partial charge in [0.15, 0.2) is 6.21 Å². The Morgan fingerprint density at radius 3 is 2.56 bits per heavy atom. The van der Waals surface area contributed by atoms with Crippen LogP contribution in [0.3, 0.4) is 0 Å². The summed E-state index contributed by atoms with van der Waals surface area (Å²) in [5, 5.41) is 15.0. The van der Waals surface area contributed by atoms with Crippen molar-refractivity contribution in [1.82, 2.24) is 10.3 Å². The molecule has 1 unspecified atom stereocenters. The number of carboxylic acid groups (broad SMARTS) is 1. The lowest BCUT2D eigenvalue weighted by molar-refractivity contribution is -0.885. The highest BCUT2D eigenvalue weighted by Gasteiger charge is 2.44. The maximum Gasteiger partial charge on any atom is 0.472 e. The van der Waals surface area contributed by atoms with Crippen LogP contribution >= 0.6 is 0 Å². The van der Waals surface area contributed by atoms with E-state index >= 15 is 0 Å². The zero-order valence-corrected chi connectivity index (χ0v) is 19.4. The van der Waals surface area contributed by atoms with Gasteiger partial charge in [-0.2, -0.15) is 13.2 Å². The topological polar surface area (TPSA) is 111 Å². The lowest BCUT2D eigenvalue weighted by Gasteiger charge is -2.31. The Bertz CT molecular complexity index is 935. The van der Waals surface area contributed by atoms with Crippen LogP contribution < -0.4 is 15.3 Å². The highest BCUT2D eigenvalue weighted by Crippen LogP contribution is 2.23. The Hall–Kier alpha value is -2.99. The Kier molecular flexibility index (Phi) is 8.78. The molecule has 1 aromatic carbocycles. The molecular weight excluding hydrogens is 457 g/mol. The summed E-state index contributed by atoms with van der Waals surface area (Å²) in [7, 11) is 1.42. The van der Waals surface area contributed by atoms with Gasteiger partial charge in [-0.05, 0) is 61.9 Å². The standard InChI is InChI=1S/C22H29F3N4O5/c1-21(2,19(31)32)34-17-10-6-9-16(14-17)8-4-5-12-26-29(3)20(33)28(18(30)15-27-29)13-7-11-22(23,24)25/h6,9-10,14-15,26H,4-5,7-8,11-13H2,1-3H3. The number of urea groups is 1. The van der Waals surface area contributed by atoms with E-state index in [0.717, 1.165) is 16.7 Å². The minimum Gasteiger partial charge on any atom is -0.546 e. The number of quaternary nitrogens is 1. The molecule has 0 saturated heterocycles. The summed E-state index contributed by atoms with van der Waals surface area (Å²) < 4.78 is 42.0. The largest absolute Gasteiger partial charge is 0.546 e. The van der Waals surface area contributed by atoms with E-state index in [1.54, 1.807) is 18.2 Å². The minimum atomic E-state index is -4.36. The van der Waals surface area contributed by atoms with Crippen LogP contribution in [0.15, 0.2) is 29.4 Å². The van der Waals surface area contributed by atoms with E-state index in [2.05, 4.69) is 10.5 Å². The summed E-state index contributed by atoms with van der Waals surface area (Å²) in [5.41, 5.74) is 2.39. The number of nitrogens with one attached hydrogen (secondary N) is 1. The maximum absolute atomic E-state index is 12.7. The number of unbranched alkanes of at least 4 members (excludes halogenated alkanes) is 1. The number of carbonyl (C=O) groups is 3. The highest BCUT2D eigenvalue weighted by molar-refractivity contribution is 6.30. The van der Waals surface area contributed by atoms with Crippen molar-refractivity contribution in [3.8, 4) is 5.75 Å². The first-order chi connectivity index (χ1) is 15.7. The second-order valence-corrected chi connectivity index (χ2v) is 8.61. The van der Waals surface area contributed by atoms with Crippen molar-refractivity contribution in [2.24, 2.45) is 5.10 Å². The number of ether oxygens (including phenoxy) is 1. The summed E-state index contributed by atoms with van der Waals surface area (Å²) in [5.74, 6) is -1.66. The SMILES string of the molecule is CC(C)(Oc1cccc(CCCCN[N+]2(C)N=CC(=O)N(CCCC(F)(F)F)C2=O)c1)C(=O)[O-]. The van der Waals surface area contributed by atoms with Crippen LogP contribution in [0.2, 0.25) is 0 Å². The molecule has 2 rings (SSSR count). The molecule has 0 aromatic heterocycles. The molecule has 1 aromatic rings. The normalized spacial score (nSPS) is 18.9. The summed E-state index contributed by atoms with van der Waals surface area (Å²) in [6.07, 6.45) is -2.88. The third-order valence-electron chi connectivity index (χ3n) is 5.19. The number of halogens is 3. The number of aliphatic carboxylic acids is 1. The van der Waals surface area contributed by atoms with E-state index < -0.39 is 40.8 Å². The third kappa shape index (κ3) is 7.80. The van der Waals surface area contributed by atoms with E-state index in [9.17, 15) is 32.7 Å². The van der Waals surface area contributed by atoms with Gasteiger partial charge in [0.1, 0.15) is 18.4 Å². The van der Waals surface area contributed by atoms with Crippen molar-refractivity contribution >= 4 is 24.1 Å². The Labute approximate surface area is 195 Å². The van der Waals surface area contributed by atoms with Gasteiger partial charge in [-0.15, -0.1) is 5.43 Å². The molecule has 0 aliphatic carbocycles. The van der Waals surface area contributed by atoms with Crippen molar-refractivity contribution in [3.05, 3.63) is 29.8 Å². The van der Waals surface area contributed by atoms with Crippen molar-refractivity contribution < 1.29 is 42.1 Å². The lowest BCUT2D eigenvalue weighted by atomic mass is 10.1. The zero-order chi connectivity index (χ0) is 25.6. The number of aryl methyl sites for hydroxylation is 1. The summed E-state index contributed by atoms with van der Waals surface area (Å²) >= 11 is 0. The van der Waals surface area contributed by atoms with Crippen LogP contribution in [0.25, 0.3) is 0 Å². The number of benzene rings is 1. The van der Waals surface area contributed by atoms with E-state index in [4.69, 9.17) is 4.74 Å². The molecule has 0 bridgehead atoms. The van der Waals surface area contributed by atoms with Gasteiger partial charge in [0, 0.05) is 19.5 Å². The molecular formula is C22H29F3N4O5. The molecule has 34 heavy (non-hydrogen) atoms. The number of hydrogen-bond donors (Lipinski definition) is 1.